The molecule has 6 heteroatoms. The van der Waals surface area contributed by atoms with Crippen molar-refractivity contribution in [3.05, 3.63) is 25.3 Å². The smallest absolute Gasteiger partial charge is 0.370 e. The molecule has 0 unspecified atom stereocenters. The molecule has 3 nitrogen and oxygen atoms in total. The fourth-order valence-corrected chi connectivity index (χ4v) is 6.33. The van der Waals surface area contributed by atoms with E-state index in [2.05, 4.69) is 57.3 Å². The number of halogens is 2. The first-order valence-electron chi connectivity index (χ1n) is 5.97. The number of hydrogen-bond donors (Lipinski definition) is 0. The SMILES string of the molecule is CCO[Si](OCC)(OCC)c1cccc(I)c1I. The summed E-state index contributed by atoms with van der Waals surface area (Å²) < 4.78 is 20.1. The average Bonchev–Trinajstić information content (AvgIpc) is 2.33. The minimum Gasteiger partial charge on any atom is -0.370 e. The van der Waals surface area contributed by atoms with E-state index in [1.54, 1.807) is 0 Å². The van der Waals surface area contributed by atoms with Gasteiger partial charge in [0.15, 0.2) is 0 Å². The van der Waals surface area contributed by atoms with Crippen LogP contribution in [0.2, 0.25) is 0 Å². The Kier molecular flexibility index (Phi) is 7.62. The fraction of sp³-hybridized carbons (Fsp3) is 0.500. The van der Waals surface area contributed by atoms with Gasteiger partial charge in [-0.2, -0.15) is 0 Å². The Morgan fingerprint density at radius 3 is 1.89 bits per heavy atom. The second-order valence-corrected chi connectivity index (χ2v) is 8.21. The monoisotopic (exact) mass is 492 g/mol. The van der Waals surface area contributed by atoms with Crippen LogP contribution < -0.4 is 5.19 Å². The summed E-state index contributed by atoms with van der Waals surface area (Å²) in [5.41, 5.74) is 0. The Morgan fingerprint density at radius 2 is 1.44 bits per heavy atom. The molecule has 0 aliphatic carbocycles. The van der Waals surface area contributed by atoms with E-state index < -0.39 is 8.80 Å². The predicted molar refractivity (Wildman–Crippen MR) is 92.1 cm³/mol. The lowest BCUT2D eigenvalue weighted by Gasteiger charge is -2.29. The summed E-state index contributed by atoms with van der Waals surface area (Å²) in [4.78, 5) is 0. The lowest BCUT2D eigenvalue weighted by Crippen LogP contribution is -2.58. The Labute approximate surface area is 137 Å². The van der Waals surface area contributed by atoms with Crippen LogP contribution >= 0.6 is 45.2 Å². The zero-order chi connectivity index (χ0) is 13.6. The van der Waals surface area contributed by atoms with Crippen molar-refractivity contribution < 1.29 is 13.3 Å². The lowest BCUT2D eigenvalue weighted by molar-refractivity contribution is 0.0857. The van der Waals surface area contributed by atoms with Gasteiger partial charge in [0.25, 0.3) is 0 Å². The zero-order valence-electron chi connectivity index (χ0n) is 10.8. The van der Waals surface area contributed by atoms with Crippen LogP contribution in [0.3, 0.4) is 0 Å². The van der Waals surface area contributed by atoms with Gasteiger partial charge in [-0.05, 0) is 72.0 Å². The molecule has 0 heterocycles. The molecule has 0 radical (unpaired) electrons. The van der Waals surface area contributed by atoms with Gasteiger partial charge in [-0.3, -0.25) is 0 Å². The third-order valence-electron chi connectivity index (χ3n) is 2.28. The van der Waals surface area contributed by atoms with E-state index >= 15 is 0 Å². The van der Waals surface area contributed by atoms with Crippen molar-refractivity contribution in [1.82, 2.24) is 0 Å². The molecule has 0 aliphatic heterocycles. The van der Waals surface area contributed by atoms with E-state index in [9.17, 15) is 0 Å². The Hall–Kier alpha value is 0.777. The first kappa shape index (κ1) is 16.8. The summed E-state index contributed by atoms with van der Waals surface area (Å²) in [5, 5.41) is 1.07. The van der Waals surface area contributed by atoms with E-state index in [0.717, 1.165) is 8.76 Å². The van der Waals surface area contributed by atoms with E-state index in [0.29, 0.717) is 19.8 Å². The van der Waals surface area contributed by atoms with Gasteiger partial charge in [-0.1, -0.05) is 12.1 Å². The standard InChI is InChI=1S/C12H18I2O3Si/c1-4-15-18(16-5-2,17-6-3)11-9-7-8-10(13)12(11)14/h7-9H,4-6H2,1-3H3. The zero-order valence-corrected chi connectivity index (χ0v) is 16.1. The molecule has 0 atom stereocenters. The maximum atomic E-state index is 5.92. The summed E-state index contributed by atoms with van der Waals surface area (Å²) in [7, 11) is -2.76. The third kappa shape index (κ3) is 3.89. The van der Waals surface area contributed by atoms with Crippen molar-refractivity contribution in [1.29, 1.82) is 0 Å². The van der Waals surface area contributed by atoms with Crippen molar-refractivity contribution in [2.75, 3.05) is 19.8 Å². The van der Waals surface area contributed by atoms with E-state index in [1.807, 2.05) is 26.8 Å². The van der Waals surface area contributed by atoms with Crippen LogP contribution in [0.15, 0.2) is 18.2 Å². The quantitative estimate of drug-likeness (QED) is 0.433. The van der Waals surface area contributed by atoms with Crippen LogP contribution in [0.5, 0.6) is 0 Å². The molecule has 1 aromatic rings. The first-order chi connectivity index (χ1) is 8.61. The van der Waals surface area contributed by atoms with Crippen LogP contribution in [0.1, 0.15) is 20.8 Å². The van der Waals surface area contributed by atoms with Crippen LogP contribution in [-0.4, -0.2) is 28.6 Å². The molecule has 1 aromatic carbocycles. The van der Waals surface area contributed by atoms with Crippen molar-refractivity contribution in [3.8, 4) is 0 Å². The van der Waals surface area contributed by atoms with E-state index in [-0.39, 0.29) is 0 Å². The topological polar surface area (TPSA) is 27.7 Å². The van der Waals surface area contributed by atoms with Crippen LogP contribution in [0.4, 0.5) is 0 Å². The van der Waals surface area contributed by atoms with Crippen molar-refractivity contribution in [3.63, 3.8) is 0 Å². The van der Waals surface area contributed by atoms with Crippen LogP contribution in [0.25, 0.3) is 0 Å². The van der Waals surface area contributed by atoms with Gasteiger partial charge >= 0.3 is 8.80 Å². The minimum atomic E-state index is -2.76. The van der Waals surface area contributed by atoms with E-state index in [4.69, 9.17) is 13.3 Å². The highest BCUT2D eigenvalue weighted by Gasteiger charge is 2.45. The molecule has 0 aromatic heterocycles. The van der Waals surface area contributed by atoms with Gasteiger partial charge < -0.3 is 13.3 Å². The second kappa shape index (κ2) is 8.15. The van der Waals surface area contributed by atoms with Crippen molar-refractivity contribution in [2.24, 2.45) is 0 Å². The minimum absolute atomic E-state index is 0.591. The summed E-state index contributed by atoms with van der Waals surface area (Å²) >= 11 is 4.66. The molecule has 18 heavy (non-hydrogen) atoms. The summed E-state index contributed by atoms with van der Waals surface area (Å²) in [5.74, 6) is 0. The maximum absolute atomic E-state index is 5.92. The molecule has 0 fully saturated rings. The van der Waals surface area contributed by atoms with Gasteiger partial charge in [-0.25, -0.2) is 0 Å². The normalized spacial score (nSPS) is 11.8. The Balaban J connectivity index is 3.25. The molecule has 0 saturated heterocycles. The van der Waals surface area contributed by atoms with Gasteiger partial charge in [-0.15, -0.1) is 0 Å². The molecule has 1 rings (SSSR count). The maximum Gasteiger partial charge on any atom is 0.538 e. The number of rotatable bonds is 7. The van der Waals surface area contributed by atoms with Crippen LogP contribution in [0, 0.1) is 7.14 Å². The summed E-state index contributed by atoms with van der Waals surface area (Å²) in [6.07, 6.45) is 0. The molecule has 0 saturated carbocycles. The molecule has 0 spiro atoms. The Morgan fingerprint density at radius 1 is 0.944 bits per heavy atom. The van der Waals surface area contributed by atoms with Gasteiger partial charge in [0, 0.05) is 32.1 Å². The Bertz CT molecular complexity index is 371. The highest BCUT2D eigenvalue weighted by atomic mass is 127. The molecular weight excluding hydrogens is 474 g/mol. The molecular formula is C12H18I2O3Si. The number of benzene rings is 1. The molecule has 0 N–H and O–H groups in total. The molecule has 102 valence electrons. The number of hydrogen-bond acceptors (Lipinski definition) is 3. The van der Waals surface area contributed by atoms with Crippen molar-refractivity contribution >= 4 is 59.2 Å². The molecule has 0 amide bonds. The lowest BCUT2D eigenvalue weighted by atomic mass is 10.4. The summed E-state index contributed by atoms with van der Waals surface area (Å²) in [6, 6.07) is 6.16. The van der Waals surface area contributed by atoms with E-state index in [1.165, 1.54) is 3.57 Å². The van der Waals surface area contributed by atoms with Gasteiger partial charge in [0.05, 0.1) is 0 Å². The second-order valence-electron chi connectivity index (χ2n) is 3.46. The van der Waals surface area contributed by atoms with Crippen LogP contribution in [-0.2, 0) is 13.3 Å². The highest BCUT2D eigenvalue weighted by Crippen LogP contribution is 2.19. The largest absolute Gasteiger partial charge is 0.538 e. The first-order valence-corrected chi connectivity index (χ1v) is 9.85. The third-order valence-corrected chi connectivity index (χ3v) is 8.97. The molecule has 0 aliphatic rings. The average molecular weight is 492 g/mol. The fourth-order valence-electron chi connectivity index (χ4n) is 1.67. The molecule has 0 bridgehead atoms. The van der Waals surface area contributed by atoms with Gasteiger partial charge in [0.2, 0.25) is 0 Å². The summed E-state index contributed by atoms with van der Waals surface area (Å²) in [6.45, 7) is 7.69. The van der Waals surface area contributed by atoms with Crippen molar-refractivity contribution in [2.45, 2.75) is 20.8 Å². The predicted octanol–water partition coefficient (Wildman–Crippen LogP) is 3.15. The van der Waals surface area contributed by atoms with Gasteiger partial charge in [0.1, 0.15) is 0 Å². The highest BCUT2D eigenvalue weighted by molar-refractivity contribution is 14.1.